The average Bonchev–Trinajstić information content (AvgIpc) is 3.11. The van der Waals surface area contributed by atoms with Crippen LogP contribution in [0.3, 0.4) is 0 Å². The number of aliphatic hydroxyl groups is 5. The van der Waals surface area contributed by atoms with Crippen molar-refractivity contribution in [1.82, 2.24) is 5.32 Å². The van der Waals surface area contributed by atoms with Gasteiger partial charge in [0.1, 0.15) is 24.4 Å². The summed E-state index contributed by atoms with van der Waals surface area (Å²) in [6, 6.07) is -0.760. The Morgan fingerprint density at radius 2 is 1.20 bits per heavy atom. The summed E-state index contributed by atoms with van der Waals surface area (Å²) in [5, 5.41) is 53.8. The first-order valence-corrected chi connectivity index (χ1v) is 19.1. The van der Waals surface area contributed by atoms with Gasteiger partial charge < -0.3 is 40.3 Å². The van der Waals surface area contributed by atoms with E-state index in [9.17, 15) is 30.3 Å². The number of hydrogen-bond acceptors (Lipinski definition) is 8. The topological polar surface area (TPSA) is 149 Å². The van der Waals surface area contributed by atoms with E-state index < -0.39 is 49.5 Å². The fourth-order valence-corrected chi connectivity index (χ4v) is 5.47. The average molecular weight is 704 g/mol. The van der Waals surface area contributed by atoms with E-state index in [-0.39, 0.29) is 18.9 Å². The summed E-state index contributed by atoms with van der Waals surface area (Å²) in [5.41, 5.74) is 0. The standard InChI is InChI=1S/C41H69NO8/c1-3-5-7-9-11-13-14-15-16-17-18-19-20-21-22-23-25-27-29-31-37(45)42-34(35(44)30-28-26-24-12-10-8-6-4-2)33-49-41-40(48)39(47)38(46)36(32-43)50-41/h5,7,11,13,15-16,18-19,21-22,25,27,34-36,38-41,43-44,46-48H,3-4,6,8-10,12,14,17,20,23-24,26,28-33H2,1-2H3,(H,42,45)/b7-5-,13-11-,16-15-,19-18-,22-21-,27-25-. The van der Waals surface area contributed by atoms with E-state index in [1.807, 2.05) is 12.2 Å². The van der Waals surface area contributed by atoms with Gasteiger partial charge in [-0.3, -0.25) is 4.79 Å². The van der Waals surface area contributed by atoms with Crippen molar-refractivity contribution in [2.24, 2.45) is 0 Å². The molecule has 9 heteroatoms. The first-order valence-electron chi connectivity index (χ1n) is 19.1. The van der Waals surface area contributed by atoms with Gasteiger partial charge in [-0.15, -0.1) is 0 Å². The number of hydrogen-bond donors (Lipinski definition) is 6. The van der Waals surface area contributed by atoms with Crippen LogP contribution in [0.1, 0.15) is 123 Å². The van der Waals surface area contributed by atoms with Crippen LogP contribution in [-0.2, 0) is 14.3 Å². The van der Waals surface area contributed by atoms with Gasteiger partial charge >= 0.3 is 0 Å². The molecule has 286 valence electrons. The van der Waals surface area contributed by atoms with E-state index in [1.54, 1.807) is 0 Å². The Balaban J connectivity index is 2.45. The molecule has 0 radical (unpaired) electrons. The maximum Gasteiger partial charge on any atom is 0.220 e. The van der Waals surface area contributed by atoms with Crippen LogP contribution in [0.4, 0.5) is 0 Å². The number of rotatable bonds is 29. The fraction of sp³-hybridized carbons (Fsp3) is 0.683. The van der Waals surface area contributed by atoms with Gasteiger partial charge in [0.05, 0.1) is 25.4 Å². The molecule has 1 aliphatic heterocycles. The first-order chi connectivity index (χ1) is 24.3. The van der Waals surface area contributed by atoms with E-state index >= 15 is 0 Å². The summed E-state index contributed by atoms with van der Waals surface area (Å²) >= 11 is 0. The van der Waals surface area contributed by atoms with Gasteiger partial charge in [-0.2, -0.15) is 0 Å². The molecule has 0 aromatic heterocycles. The Morgan fingerprint density at radius 1 is 0.700 bits per heavy atom. The molecule has 0 aromatic carbocycles. The normalized spacial score (nSPS) is 23.1. The lowest BCUT2D eigenvalue weighted by molar-refractivity contribution is -0.302. The molecule has 0 saturated carbocycles. The molecule has 0 aliphatic carbocycles. The predicted molar refractivity (Wildman–Crippen MR) is 202 cm³/mol. The monoisotopic (exact) mass is 704 g/mol. The summed E-state index contributed by atoms with van der Waals surface area (Å²) in [6.07, 6.45) is 33.6. The van der Waals surface area contributed by atoms with E-state index in [2.05, 4.69) is 79.9 Å². The van der Waals surface area contributed by atoms with Gasteiger partial charge in [-0.25, -0.2) is 0 Å². The van der Waals surface area contributed by atoms with Crippen LogP contribution in [0.5, 0.6) is 0 Å². The lowest BCUT2D eigenvalue weighted by Gasteiger charge is -2.40. The number of aliphatic hydroxyl groups excluding tert-OH is 5. The Kier molecular flexibility index (Phi) is 28.6. The van der Waals surface area contributed by atoms with Crippen molar-refractivity contribution >= 4 is 5.91 Å². The second kappa shape index (κ2) is 31.4. The second-order valence-corrected chi connectivity index (χ2v) is 13.0. The number of ether oxygens (including phenoxy) is 2. The fourth-order valence-electron chi connectivity index (χ4n) is 5.47. The van der Waals surface area contributed by atoms with Crippen LogP contribution < -0.4 is 5.32 Å². The highest BCUT2D eigenvalue weighted by Crippen LogP contribution is 2.22. The molecule has 1 saturated heterocycles. The van der Waals surface area contributed by atoms with Crippen molar-refractivity contribution in [3.63, 3.8) is 0 Å². The minimum absolute atomic E-state index is 0.174. The molecule has 1 aliphatic rings. The molecule has 1 fully saturated rings. The van der Waals surface area contributed by atoms with Crippen LogP contribution in [0.25, 0.3) is 0 Å². The minimum atomic E-state index is -1.57. The van der Waals surface area contributed by atoms with Gasteiger partial charge in [0.2, 0.25) is 5.91 Å². The van der Waals surface area contributed by atoms with Gasteiger partial charge in [-0.1, -0.05) is 138 Å². The van der Waals surface area contributed by atoms with Crippen molar-refractivity contribution in [1.29, 1.82) is 0 Å². The van der Waals surface area contributed by atoms with E-state index in [0.717, 1.165) is 57.8 Å². The highest BCUT2D eigenvalue weighted by Gasteiger charge is 2.44. The van der Waals surface area contributed by atoms with Gasteiger partial charge in [0, 0.05) is 6.42 Å². The molecule has 1 rings (SSSR count). The van der Waals surface area contributed by atoms with Crippen molar-refractivity contribution < 1.29 is 39.8 Å². The molecule has 7 atom stereocenters. The third-order valence-electron chi connectivity index (χ3n) is 8.59. The quantitative estimate of drug-likeness (QED) is 0.0375. The smallest absolute Gasteiger partial charge is 0.220 e. The third kappa shape index (κ3) is 22.4. The summed E-state index contributed by atoms with van der Waals surface area (Å²) in [5.74, 6) is -0.234. The molecule has 1 heterocycles. The number of carbonyl (C=O) groups is 1. The summed E-state index contributed by atoms with van der Waals surface area (Å²) in [7, 11) is 0. The Labute approximate surface area is 302 Å². The van der Waals surface area contributed by atoms with Crippen molar-refractivity contribution in [2.45, 2.75) is 166 Å². The number of nitrogens with one attached hydrogen (secondary N) is 1. The van der Waals surface area contributed by atoms with Crippen LogP contribution in [0, 0.1) is 0 Å². The van der Waals surface area contributed by atoms with Crippen LogP contribution in [0.2, 0.25) is 0 Å². The Hall–Kier alpha value is -2.37. The zero-order valence-electron chi connectivity index (χ0n) is 30.9. The lowest BCUT2D eigenvalue weighted by atomic mass is 9.99. The molecule has 0 spiro atoms. The number of allylic oxidation sites excluding steroid dienone is 12. The van der Waals surface area contributed by atoms with Crippen LogP contribution >= 0.6 is 0 Å². The molecule has 50 heavy (non-hydrogen) atoms. The maximum atomic E-state index is 12.8. The lowest BCUT2D eigenvalue weighted by Crippen LogP contribution is -2.60. The predicted octanol–water partition coefficient (Wildman–Crippen LogP) is 6.66. The van der Waals surface area contributed by atoms with E-state index in [4.69, 9.17) is 9.47 Å². The van der Waals surface area contributed by atoms with Crippen molar-refractivity contribution in [3.05, 3.63) is 72.9 Å². The first kappa shape index (κ1) is 45.7. The largest absolute Gasteiger partial charge is 0.394 e. The number of carbonyl (C=O) groups excluding carboxylic acids is 1. The molecular formula is C41H69NO8. The Bertz CT molecular complexity index is 1000. The van der Waals surface area contributed by atoms with Crippen LogP contribution in [0.15, 0.2) is 72.9 Å². The summed E-state index contributed by atoms with van der Waals surface area (Å²) in [4.78, 5) is 12.8. The Morgan fingerprint density at radius 3 is 1.72 bits per heavy atom. The number of unbranched alkanes of at least 4 members (excludes halogenated alkanes) is 7. The third-order valence-corrected chi connectivity index (χ3v) is 8.59. The van der Waals surface area contributed by atoms with Crippen molar-refractivity contribution in [2.75, 3.05) is 13.2 Å². The summed E-state index contributed by atoms with van der Waals surface area (Å²) < 4.78 is 11.1. The molecule has 7 unspecified atom stereocenters. The van der Waals surface area contributed by atoms with Gasteiger partial charge in [-0.05, 0) is 51.4 Å². The summed E-state index contributed by atoms with van der Waals surface area (Å²) in [6.45, 7) is 3.59. The highest BCUT2D eigenvalue weighted by molar-refractivity contribution is 5.76. The molecule has 9 nitrogen and oxygen atoms in total. The molecule has 6 N–H and O–H groups in total. The minimum Gasteiger partial charge on any atom is -0.394 e. The van der Waals surface area contributed by atoms with Gasteiger partial charge in [0.25, 0.3) is 0 Å². The molecule has 0 bridgehead atoms. The zero-order chi connectivity index (χ0) is 36.7. The second-order valence-electron chi connectivity index (χ2n) is 13.0. The molecule has 1 amide bonds. The maximum absolute atomic E-state index is 12.8. The molecule has 0 aromatic rings. The SMILES string of the molecule is CC/C=C\C/C=C\C/C=C\C/C=C\C/C=C\C/C=C\CCC(=O)NC(COC1OC(CO)C(O)C(O)C1O)C(O)CCCCCCCCCC. The van der Waals surface area contributed by atoms with E-state index in [1.165, 1.54) is 32.1 Å². The van der Waals surface area contributed by atoms with Crippen LogP contribution in [-0.4, -0.2) is 87.5 Å². The number of amides is 1. The molecular weight excluding hydrogens is 634 g/mol. The van der Waals surface area contributed by atoms with E-state index in [0.29, 0.717) is 12.8 Å². The highest BCUT2D eigenvalue weighted by atomic mass is 16.7. The zero-order valence-corrected chi connectivity index (χ0v) is 30.9. The van der Waals surface area contributed by atoms with Gasteiger partial charge in [0.15, 0.2) is 6.29 Å². The van der Waals surface area contributed by atoms with Crippen molar-refractivity contribution in [3.8, 4) is 0 Å².